The summed E-state index contributed by atoms with van der Waals surface area (Å²) in [6.45, 7) is 2.14. The van der Waals surface area contributed by atoms with Gasteiger partial charge in [-0.15, -0.1) is 10.2 Å². The highest BCUT2D eigenvalue weighted by Gasteiger charge is 2.19. The van der Waals surface area contributed by atoms with Gasteiger partial charge < -0.3 is 14.9 Å². The van der Waals surface area contributed by atoms with Crippen LogP contribution in [0, 0.1) is 0 Å². The van der Waals surface area contributed by atoms with Gasteiger partial charge in [0.05, 0.1) is 6.61 Å². The van der Waals surface area contributed by atoms with Crippen LogP contribution in [0.4, 0.5) is 0 Å². The normalized spacial score (nSPS) is 12.1. The highest BCUT2D eigenvalue weighted by molar-refractivity contribution is 7.99. The lowest BCUT2D eigenvalue weighted by molar-refractivity contribution is -0.431. The van der Waals surface area contributed by atoms with Crippen molar-refractivity contribution in [2.24, 2.45) is 0 Å². The molecule has 0 aliphatic carbocycles. The minimum Gasteiger partial charge on any atom is -0.465 e. The van der Waals surface area contributed by atoms with Crippen LogP contribution in [0.15, 0.2) is 40.0 Å². The molecule has 1 aromatic heterocycles. The second kappa shape index (κ2) is 7.80. The van der Waals surface area contributed by atoms with Gasteiger partial charge >= 0.3 is 5.97 Å². The maximum atomic E-state index is 11.3. The molecule has 0 saturated heterocycles. The molecule has 0 fully saturated rings. The molecule has 1 heterocycles. The van der Waals surface area contributed by atoms with E-state index in [9.17, 15) is 4.79 Å². The van der Waals surface area contributed by atoms with Gasteiger partial charge in [-0.1, -0.05) is 42.1 Å². The average molecular weight is 308 g/mol. The molecule has 0 amide bonds. The Labute approximate surface area is 127 Å². The molecule has 0 unspecified atom stereocenters. The van der Waals surface area contributed by atoms with Crippen LogP contribution in [0.5, 0.6) is 0 Å². The van der Waals surface area contributed by atoms with Crippen molar-refractivity contribution >= 4 is 17.7 Å². The fourth-order valence-corrected chi connectivity index (χ4v) is 2.32. The third-order valence-electron chi connectivity index (χ3n) is 2.72. The van der Waals surface area contributed by atoms with Gasteiger partial charge in [-0.2, -0.15) is 0 Å². The monoisotopic (exact) mass is 308 g/mol. The highest BCUT2D eigenvalue weighted by Crippen LogP contribution is 2.20. The Morgan fingerprint density at radius 3 is 2.86 bits per heavy atom. The van der Waals surface area contributed by atoms with Gasteiger partial charge in [0.25, 0.3) is 11.1 Å². The van der Waals surface area contributed by atoms with Crippen LogP contribution >= 0.6 is 11.8 Å². The largest absolute Gasteiger partial charge is 0.465 e. The van der Waals surface area contributed by atoms with Gasteiger partial charge in [-0.3, -0.25) is 4.79 Å². The van der Waals surface area contributed by atoms with Gasteiger partial charge in [-0.25, -0.2) is 0 Å². The Morgan fingerprint density at radius 1 is 1.38 bits per heavy atom. The summed E-state index contributed by atoms with van der Waals surface area (Å²) in [7, 11) is 0. The molecule has 0 bridgehead atoms. The van der Waals surface area contributed by atoms with Crippen LogP contribution in [0.2, 0.25) is 0 Å². The highest BCUT2D eigenvalue weighted by atomic mass is 32.2. The maximum Gasteiger partial charge on any atom is 0.316 e. The molecule has 3 N–H and O–H groups in total. The van der Waals surface area contributed by atoms with Gasteiger partial charge in [-0.05, 0) is 12.5 Å². The number of hydrogen-bond acceptors (Lipinski definition) is 6. The van der Waals surface area contributed by atoms with E-state index in [0.29, 0.717) is 17.7 Å². The average Bonchev–Trinajstić information content (AvgIpc) is 2.95. The lowest BCUT2D eigenvalue weighted by Gasteiger charge is -2.03. The van der Waals surface area contributed by atoms with E-state index in [0.717, 1.165) is 12.0 Å². The molecule has 21 heavy (non-hydrogen) atoms. The molecule has 2 rings (SSSR count). The first-order valence-electron chi connectivity index (χ1n) is 6.68. The standard InChI is InChI=1S/C14H17N3O3S/c1-2-19-12(18)9-21-14-17-16-13(20-14)11(15)8-10-6-4-3-5-7-10/h3-7,11H,2,8-9,15H2,1H3/p+1/t11-/m0/s1. The molecule has 112 valence electrons. The molecule has 0 aliphatic rings. The molecule has 1 aromatic carbocycles. The number of hydrogen-bond donors (Lipinski definition) is 1. The first-order chi connectivity index (χ1) is 10.2. The van der Waals surface area contributed by atoms with Crippen molar-refractivity contribution in [1.29, 1.82) is 0 Å². The quantitative estimate of drug-likeness (QED) is 0.611. The number of esters is 1. The smallest absolute Gasteiger partial charge is 0.316 e. The number of aromatic nitrogens is 2. The molecule has 2 aromatic rings. The van der Waals surface area contributed by atoms with Crippen LogP contribution in [-0.4, -0.2) is 28.5 Å². The zero-order chi connectivity index (χ0) is 15.1. The first kappa shape index (κ1) is 15.5. The molecule has 0 saturated carbocycles. The Morgan fingerprint density at radius 2 is 2.14 bits per heavy atom. The number of carbonyl (C=O) groups excluding carboxylic acids is 1. The third-order valence-corrected chi connectivity index (χ3v) is 3.51. The number of carbonyl (C=O) groups is 1. The predicted octanol–water partition coefficient (Wildman–Crippen LogP) is 1.25. The van der Waals surface area contributed by atoms with Gasteiger partial charge in [0, 0.05) is 6.42 Å². The molecule has 0 aliphatic heterocycles. The van der Waals surface area contributed by atoms with Crippen LogP contribution in [0.1, 0.15) is 24.4 Å². The van der Waals surface area contributed by atoms with E-state index in [2.05, 4.69) is 15.9 Å². The fourth-order valence-electron chi connectivity index (χ4n) is 1.75. The number of ether oxygens (including phenoxy) is 1. The summed E-state index contributed by atoms with van der Waals surface area (Å²) in [4.78, 5) is 11.3. The van der Waals surface area contributed by atoms with Crippen molar-refractivity contribution < 1.29 is 19.7 Å². The molecular formula is C14H18N3O3S+. The van der Waals surface area contributed by atoms with Crippen LogP contribution in [-0.2, 0) is 16.0 Å². The topological polar surface area (TPSA) is 92.9 Å². The second-order valence-corrected chi connectivity index (χ2v) is 5.31. The van der Waals surface area contributed by atoms with E-state index < -0.39 is 0 Å². The van der Waals surface area contributed by atoms with E-state index in [-0.39, 0.29) is 17.8 Å². The van der Waals surface area contributed by atoms with Crippen molar-refractivity contribution in [2.45, 2.75) is 24.6 Å². The third kappa shape index (κ3) is 4.87. The van der Waals surface area contributed by atoms with Crippen LogP contribution < -0.4 is 5.73 Å². The Hall–Kier alpha value is -1.86. The summed E-state index contributed by atoms with van der Waals surface area (Å²) in [6, 6.07) is 9.89. The fraction of sp³-hybridized carbons (Fsp3) is 0.357. The van der Waals surface area contributed by atoms with Crippen molar-refractivity contribution in [3.8, 4) is 0 Å². The minimum atomic E-state index is -0.294. The Kier molecular flexibility index (Phi) is 5.77. The summed E-state index contributed by atoms with van der Waals surface area (Å²) in [5.41, 5.74) is 5.21. The van der Waals surface area contributed by atoms with Crippen molar-refractivity contribution in [2.75, 3.05) is 12.4 Å². The van der Waals surface area contributed by atoms with E-state index in [1.807, 2.05) is 30.3 Å². The molecule has 0 spiro atoms. The molecule has 7 heteroatoms. The molecular weight excluding hydrogens is 290 g/mol. The second-order valence-electron chi connectivity index (χ2n) is 4.39. The Balaban J connectivity index is 1.88. The van der Waals surface area contributed by atoms with E-state index in [4.69, 9.17) is 9.15 Å². The number of benzene rings is 1. The van der Waals surface area contributed by atoms with E-state index >= 15 is 0 Å². The van der Waals surface area contributed by atoms with Crippen molar-refractivity contribution in [1.82, 2.24) is 10.2 Å². The molecule has 6 nitrogen and oxygen atoms in total. The SMILES string of the molecule is CCOC(=O)CSc1nnc([C@@H]([NH3+])Cc2ccccc2)o1. The summed E-state index contributed by atoms with van der Waals surface area (Å²) < 4.78 is 10.4. The Bertz CT molecular complexity index is 574. The summed E-state index contributed by atoms with van der Waals surface area (Å²) in [5.74, 6) is 0.346. The van der Waals surface area contributed by atoms with Crippen molar-refractivity contribution in [3.63, 3.8) is 0 Å². The summed E-state index contributed by atoms with van der Waals surface area (Å²) in [5, 5.41) is 8.25. The maximum absolute atomic E-state index is 11.3. The van der Waals surface area contributed by atoms with Crippen LogP contribution in [0.25, 0.3) is 0 Å². The first-order valence-corrected chi connectivity index (χ1v) is 7.66. The van der Waals surface area contributed by atoms with Crippen molar-refractivity contribution in [3.05, 3.63) is 41.8 Å². The van der Waals surface area contributed by atoms with Crippen LogP contribution in [0.3, 0.4) is 0 Å². The minimum absolute atomic E-state index is 0.114. The summed E-state index contributed by atoms with van der Waals surface area (Å²) in [6.07, 6.45) is 0.727. The van der Waals surface area contributed by atoms with Gasteiger partial charge in [0.2, 0.25) is 0 Å². The molecule has 0 radical (unpaired) electrons. The lowest BCUT2D eigenvalue weighted by atomic mass is 10.1. The molecule has 1 atom stereocenters. The number of thioether (sulfide) groups is 1. The number of quaternary nitrogens is 1. The zero-order valence-electron chi connectivity index (χ0n) is 11.8. The lowest BCUT2D eigenvalue weighted by Crippen LogP contribution is -2.54. The zero-order valence-corrected chi connectivity index (χ0v) is 12.6. The van der Waals surface area contributed by atoms with E-state index in [1.165, 1.54) is 11.8 Å². The van der Waals surface area contributed by atoms with Gasteiger partial charge in [0.1, 0.15) is 5.75 Å². The van der Waals surface area contributed by atoms with E-state index in [1.54, 1.807) is 6.92 Å². The predicted molar refractivity (Wildman–Crippen MR) is 77.4 cm³/mol. The van der Waals surface area contributed by atoms with Gasteiger partial charge in [0.15, 0.2) is 6.04 Å². The number of nitrogens with zero attached hydrogens (tertiary/aromatic N) is 2. The summed E-state index contributed by atoms with van der Waals surface area (Å²) >= 11 is 1.17. The number of rotatable bonds is 7.